The molecule has 0 aromatic rings. The molecule has 0 aromatic carbocycles. The fraction of sp³-hybridized carbons (Fsp3) is 0.909. The van der Waals surface area contributed by atoms with Crippen molar-refractivity contribution in [2.24, 2.45) is 0 Å². The second kappa shape index (κ2) is 4.85. The molecule has 1 rings (SSSR count). The molecular formula is C11H20BNO. The third kappa shape index (κ3) is 4.16. The minimum Gasteiger partial charge on any atom is -0.343 e. The molecule has 1 aliphatic rings. The molecule has 0 unspecified atom stereocenters. The van der Waals surface area contributed by atoms with E-state index in [1.165, 1.54) is 6.42 Å². The molecule has 3 heteroatoms. The average molecular weight is 193 g/mol. The van der Waals surface area contributed by atoms with Crippen LogP contribution < -0.4 is 0 Å². The Morgan fingerprint density at radius 3 is 2.71 bits per heavy atom. The third-order valence-electron chi connectivity index (χ3n) is 2.70. The van der Waals surface area contributed by atoms with Gasteiger partial charge in [0.2, 0.25) is 5.91 Å². The van der Waals surface area contributed by atoms with Crippen molar-refractivity contribution in [3.63, 3.8) is 0 Å². The number of hydrogen-bond acceptors (Lipinski definition) is 1. The molecule has 14 heavy (non-hydrogen) atoms. The van der Waals surface area contributed by atoms with E-state index in [1.807, 2.05) is 18.7 Å². The topological polar surface area (TPSA) is 20.3 Å². The van der Waals surface area contributed by atoms with E-state index in [0.717, 1.165) is 38.8 Å². The summed E-state index contributed by atoms with van der Waals surface area (Å²) in [6.45, 7) is 5.77. The quantitative estimate of drug-likeness (QED) is 0.629. The maximum absolute atomic E-state index is 11.6. The number of rotatable bonds is 3. The summed E-state index contributed by atoms with van der Waals surface area (Å²) in [6.07, 6.45) is 5.01. The molecule has 78 valence electrons. The lowest BCUT2D eigenvalue weighted by atomic mass is 9.70. The molecule has 1 heterocycles. The summed E-state index contributed by atoms with van der Waals surface area (Å²) in [7, 11) is 5.90. The highest BCUT2D eigenvalue weighted by atomic mass is 16.2. The minimum absolute atomic E-state index is 0.160. The average Bonchev–Trinajstić information content (AvgIpc) is 2.25. The van der Waals surface area contributed by atoms with Crippen molar-refractivity contribution in [1.82, 2.24) is 4.90 Å². The monoisotopic (exact) mass is 193 g/mol. The normalized spacial score (nSPS) is 19.6. The molecule has 0 saturated carbocycles. The van der Waals surface area contributed by atoms with Crippen LogP contribution in [0.1, 0.15) is 46.0 Å². The first-order valence-corrected chi connectivity index (χ1v) is 5.56. The Labute approximate surface area is 88.5 Å². The lowest BCUT2D eigenvalue weighted by molar-refractivity contribution is -0.130. The molecule has 0 N–H and O–H groups in total. The maximum Gasteiger partial charge on any atom is 0.222 e. The molecule has 0 aromatic heterocycles. The van der Waals surface area contributed by atoms with Gasteiger partial charge in [0.25, 0.3) is 0 Å². The second-order valence-corrected chi connectivity index (χ2v) is 4.93. The number of amides is 1. The number of carbonyl (C=O) groups is 1. The summed E-state index contributed by atoms with van der Waals surface area (Å²) in [6, 6.07) is 0. The van der Waals surface area contributed by atoms with Crippen molar-refractivity contribution < 1.29 is 4.79 Å². The van der Waals surface area contributed by atoms with Gasteiger partial charge in [-0.3, -0.25) is 4.79 Å². The van der Waals surface area contributed by atoms with E-state index in [0.29, 0.717) is 5.91 Å². The van der Waals surface area contributed by atoms with Crippen molar-refractivity contribution in [3.05, 3.63) is 0 Å². The zero-order valence-corrected chi connectivity index (χ0v) is 9.38. The first kappa shape index (κ1) is 11.6. The van der Waals surface area contributed by atoms with E-state index in [4.69, 9.17) is 7.85 Å². The van der Waals surface area contributed by atoms with E-state index >= 15 is 0 Å². The van der Waals surface area contributed by atoms with Crippen molar-refractivity contribution in [2.75, 3.05) is 13.1 Å². The van der Waals surface area contributed by atoms with E-state index in [9.17, 15) is 4.79 Å². The first-order chi connectivity index (χ1) is 6.49. The highest BCUT2D eigenvalue weighted by Crippen LogP contribution is 2.24. The molecule has 1 fully saturated rings. The maximum atomic E-state index is 11.6. The van der Waals surface area contributed by atoms with Crippen LogP contribution in [0.15, 0.2) is 0 Å². The standard InChI is InChI=1S/C11H20BNO/c1-11(2,12)7-9-13-8-5-3-4-6-10(13)14/h3-9H2,1-2H3. The summed E-state index contributed by atoms with van der Waals surface area (Å²) >= 11 is 0. The molecular weight excluding hydrogens is 173 g/mol. The minimum atomic E-state index is -0.160. The van der Waals surface area contributed by atoms with Crippen LogP contribution in [-0.4, -0.2) is 31.7 Å². The predicted molar refractivity (Wildman–Crippen MR) is 59.5 cm³/mol. The van der Waals surface area contributed by atoms with Gasteiger partial charge in [-0.2, -0.15) is 0 Å². The van der Waals surface area contributed by atoms with E-state index in [-0.39, 0.29) is 5.31 Å². The molecule has 0 atom stereocenters. The summed E-state index contributed by atoms with van der Waals surface area (Å²) in [5.74, 6) is 0.312. The van der Waals surface area contributed by atoms with Gasteiger partial charge in [0.1, 0.15) is 0 Å². The largest absolute Gasteiger partial charge is 0.343 e. The SMILES string of the molecule is [B]C(C)(C)CCN1CCCCCC1=O. The number of hydrogen-bond donors (Lipinski definition) is 0. The van der Waals surface area contributed by atoms with Gasteiger partial charge in [0.15, 0.2) is 0 Å². The van der Waals surface area contributed by atoms with E-state index < -0.39 is 0 Å². The van der Waals surface area contributed by atoms with Gasteiger partial charge in [-0.25, -0.2) is 0 Å². The van der Waals surface area contributed by atoms with Gasteiger partial charge in [-0.15, -0.1) is 0 Å². The lowest BCUT2D eigenvalue weighted by Crippen LogP contribution is -2.32. The van der Waals surface area contributed by atoms with Crippen LogP contribution in [-0.2, 0) is 4.79 Å². The van der Waals surface area contributed by atoms with Crippen LogP contribution in [0.5, 0.6) is 0 Å². The smallest absolute Gasteiger partial charge is 0.222 e. The second-order valence-electron chi connectivity index (χ2n) is 4.93. The van der Waals surface area contributed by atoms with E-state index in [1.54, 1.807) is 0 Å². The molecule has 0 bridgehead atoms. The predicted octanol–water partition coefficient (Wildman–Crippen LogP) is 2.15. The molecule has 0 spiro atoms. The molecule has 1 amide bonds. The highest BCUT2D eigenvalue weighted by molar-refractivity contribution is 6.14. The van der Waals surface area contributed by atoms with Crippen LogP contribution in [0.2, 0.25) is 5.31 Å². The highest BCUT2D eigenvalue weighted by Gasteiger charge is 2.18. The first-order valence-electron chi connectivity index (χ1n) is 5.56. The lowest BCUT2D eigenvalue weighted by Gasteiger charge is -2.26. The number of likely N-dealkylation sites (tertiary alicyclic amines) is 1. The Bertz CT molecular complexity index is 198. The molecule has 2 radical (unpaired) electrons. The van der Waals surface area contributed by atoms with Crippen LogP contribution in [0, 0.1) is 0 Å². The van der Waals surface area contributed by atoms with Gasteiger partial charge in [0, 0.05) is 19.5 Å². The van der Waals surface area contributed by atoms with Gasteiger partial charge in [-0.05, 0) is 19.3 Å². The number of carbonyl (C=O) groups excluding carboxylic acids is 1. The summed E-state index contributed by atoms with van der Waals surface area (Å²) in [5.41, 5.74) is 0. The molecule has 1 saturated heterocycles. The van der Waals surface area contributed by atoms with Crippen LogP contribution >= 0.6 is 0 Å². The van der Waals surface area contributed by atoms with Gasteiger partial charge < -0.3 is 4.90 Å². The number of nitrogens with zero attached hydrogens (tertiary/aromatic N) is 1. The van der Waals surface area contributed by atoms with Crippen molar-refractivity contribution in [1.29, 1.82) is 0 Å². The van der Waals surface area contributed by atoms with E-state index in [2.05, 4.69) is 0 Å². The molecule has 2 nitrogen and oxygen atoms in total. The zero-order chi connectivity index (χ0) is 10.6. The summed E-state index contributed by atoms with van der Waals surface area (Å²) in [4.78, 5) is 13.6. The zero-order valence-electron chi connectivity index (χ0n) is 9.38. The van der Waals surface area contributed by atoms with Crippen LogP contribution in [0.3, 0.4) is 0 Å². The Morgan fingerprint density at radius 1 is 1.36 bits per heavy atom. The molecule has 1 aliphatic heterocycles. The van der Waals surface area contributed by atoms with Crippen molar-refractivity contribution in [3.8, 4) is 0 Å². The Balaban J connectivity index is 2.37. The van der Waals surface area contributed by atoms with Gasteiger partial charge in [0.05, 0.1) is 7.85 Å². The van der Waals surface area contributed by atoms with Crippen molar-refractivity contribution >= 4 is 13.8 Å². The Morgan fingerprint density at radius 2 is 2.07 bits per heavy atom. The van der Waals surface area contributed by atoms with Crippen molar-refractivity contribution in [2.45, 2.75) is 51.3 Å². The van der Waals surface area contributed by atoms with Gasteiger partial charge in [-0.1, -0.05) is 25.6 Å². The fourth-order valence-corrected chi connectivity index (χ4v) is 1.70. The Hall–Kier alpha value is -0.465. The van der Waals surface area contributed by atoms with Gasteiger partial charge >= 0.3 is 0 Å². The third-order valence-corrected chi connectivity index (χ3v) is 2.70. The summed E-state index contributed by atoms with van der Waals surface area (Å²) in [5, 5.41) is -0.160. The fourth-order valence-electron chi connectivity index (χ4n) is 1.70. The molecule has 0 aliphatic carbocycles. The van der Waals surface area contributed by atoms with Crippen LogP contribution in [0.25, 0.3) is 0 Å². The van der Waals surface area contributed by atoms with Crippen LogP contribution in [0.4, 0.5) is 0 Å². The Kier molecular flexibility index (Phi) is 4.03. The summed E-state index contributed by atoms with van der Waals surface area (Å²) < 4.78 is 0.